The summed E-state index contributed by atoms with van der Waals surface area (Å²) in [6.45, 7) is 3.89. The van der Waals surface area contributed by atoms with Crippen LogP contribution in [0.2, 0.25) is 0 Å². The summed E-state index contributed by atoms with van der Waals surface area (Å²) in [7, 11) is 0. The maximum atomic E-state index is 11.7. The Morgan fingerprint density at radius 1 is 1.50 bits per heavy atom. The van der Waals surface area contributed by atoms with Gasteiger partial charge in [-0.25, -0.2) is 0 Å². The third-order valence-corrected chi connectivity index (χ3v) is 2.69. The smallest absolute Gasteiger partial charge is 0.252 e. The average molecular weight is 197 g/mol. The van der Waals surface area contributed by atoms with Gasteiger partial charge in [0.15, 0.2) is 5.96 Å². The van der Waals surface area contributed by atoms with Crippen molar-refractivity contribution in [1.29, 1.82) is 0 Å². The maximum Gasteiger partial charge on any atom is 0.252 e. The van der Waals surface area contributed by atoms with Gasteiger partial charge < -0.3 is 10.1 Å². The van der Waals surface area contributed by atoms with Crippen molar-refractivity contribution in [3.05, 3.63) is 0 Å². The second kappa shape index (κ2) is 3.57. The Kier molecular flexibility index (Phi) is 2.41. The van der Waals surface area contributed by atoms with Crippen molar-refractivity contribution in [3.8, 4) is 0 Å². The van der Waals surface area contributed by atoms with Gasteiger partial charge in [0, 0.05) is 32.6 Å². The normalized spacial score (nSPS) is 27.8. The molecule has 2 heterocycles. The summed E-state index contributed by atoms with van der Waals surface area (Å²) in [5.41, 5.74) is -0.452. The summed E-state index contributed by atoms with van der Waals surface area (Å²) in [6, 6.07) is 0. The molecule has 0 aromatic rings. The third-order valence-electron chi connectivity index (χ3n) is 2.69. The highest BCUT2D eigenvalue weighted by molar-refractivity contribution is 6.09. The zero-order valence-electron chi connectivity index (χ0n) is 8.30. The van der Waals surface area contributed by atoms with Gasteiger partial charge in [-0.1, -0.05) is 0 Å². The average Bonchev–Trinajstić information content (AvgIpc) is 2.45. The van der Waals surface area contributed by atoms with Gasteiger partial charge in [0.1, 0.15) is 5.54 Å². The van der Waals surface area contributed by atoms with Gasteiger partial charge in [0.05, 0.1) is 0 Å². The molecule has 5 nitrogen and oxygen atoms in total. The largest absolute Gasteiger partial charge is 0.381 e. The predicted octanol–water partition coefficient (Wildman–Crippen LogP) is -0.369. The molecule has 0 atom stereocenters. The van der Waals surface area contributed by atoms with Crippen molar-refractivity contribution < 1.29 is 9.53 Å². The number of nitrogens with zero attached hydrogens (tertiary/aromatic N) is 1. The minimum atomic E-state index is -0.452. The van der Waals surface area contributed by atoms with Gasteiger partial charge in [-0.15, -0.1) is 0 Å². The van der Waals surface area contributed by atoms with Crippen LogP contribution in [0.4, 0.5) is 0 Å². The molecule has 2 saturated heterocycles. The minimum Gasteiger partial charge on any atom is -0.381 e. The zero-order valence-corrected chi connectivity index (χ0v) is 8.30. The lowest BCUT2D eigenvalue weighted by atomic mass is 9.90. The molecule has 0 aliphatic carbocycles. The Hall–Kier alpha value is -1.10. The summed E-state index contributed by atoms with van der Waals surface area (Å²) >= 11 is 0. The van der Waals surface area contributed by atoms with Crippen LogP contribution in [0.25, 0.3) is 0 Å². The van der Waals surface area contributed by atoms with E-state index in [1.807, 2.05) is 6.92 Å². The summed E-state index contributed by atoms with van der Waals surface area (Å²) < 4.78 is 5.24. The maximum absolute atomic E-state index is 11.7. The van der Waals surface area contributed by atoms with E-state index < -0.39 is 5.54 Å². The van der Waals surface area contributed by atoms with E-state index in [4.69, 9.17) is 4.74 Å². The molecule has 2 fully saturated rings. The Morgan fingerprint density at radius 2 is 2.21 bits per heavy atom. The lowest BCUT2D eigenvalue weighted by molar-refractivity contribution is -0.127. The topological polar surface area (TPSA) is 62.7 Å². The van der Waals surface area contributed by atoms with E-state index in [0.717, 1.165) is 12.8 Å². The van der Waals surface area contributed by atoms with Gasteiger partial charge in [-0.3, -0.25) is 15.1 Å². The van der Waals surface area contributed by atoms with Gasteiger partial charge in [-0.2, -0.15) is 0 Å². The number of nitrogens with one attached hydrogen (secondary N) is 2. The van der Waals surface area contributed by atoms with E-state index in [9.17, 15) is 4.79 Å². The molecular weight excluding hydrogens is 182 g/mol. The Bertz CT molecular complexity index is 269. The van der Waals surface area contributed by atoms with Crippen molar-refractivity contribution in [2.75, 3.05) is 19.8 Å². The van der Waals surface area contributed by atoms with Crippen LogP contribution in [-0.4, -0.2) is 37.2 Å². The number of hydrogen-bond acceptors (Lipinski definition) is 3. The van der Waals surface area contributed by atoms with Gasteiger partial charge >= 0.3 is 0 Å². The molecule has 2 rings (SSSR count). The molecule has 5 heteroatoms. The molecule has 2 aliphatic rings. The molecular formula is C9H15N3O2. The van der Waals surface area contributed by atoms with Crippen molar-refractivity contribution in [1.82, 2.24) is 10.6 Å². The second-order valence-corrected chi connectivity index (χ2v) is 3.60. The van der Waals surface area contributed by atoms with E-state index in [0.29, 0.717) is 25.7 Å². The summed E-state index contributed by atoms with van der Waals surface area (Å²) in [6.07, 6.45) is 1.45. The van der Waals surface area contributed by atoms with E-state index in [1.165, 1.54) is 0 Å². The van der Waals surface area contributed by atoms with Crippen LogP contribution in [0.3, 0.4) is 0 Å². The van der Waals surface area contributed by atoms with Gasteiger partial charge in [0.2, 0.25) is 0 Å². The first-order chi connectivity index (χ1) is 6.77. The van der Waals surface area contributed by atoms with E-state index in [-0.39, 0.29) is 5.91 Å². The SMILES string of the molecule is CCN=C1NC(=O)C2(CCOCC2)N1. The number of carbonyl (C=O) groups excluding carboxylic acids is 1. The summed E-state index contributed by atoms with van der Waals surface area (Å²) in [5.74, 6) is 0.646. The fraction of sp³-hybridized carbons (Fsp3) is 0.778. The molecule has 78 valence electrons. The third kappa shape index (κ3) is 1.48. The van der Waals surface area contributed by atoms with Gasteiger partial charge in [-0.05, 0) is 6.92 Å². The number of rotatable bonds is 1. The molecule has 1 amide bonds. The van der Waals surface area contributed by atoms with Crippen LogP contribution < -0.4 is 10.6 Å². The van der Waals surface area contributed by atoms with Crippen LogP contribution in [0.5, 0.6) is 0 Å². The van der Waals surface area contributed by atoms with Crippen molar-refractivity contribution in [2.45, 2.75) is 25.3 Å². The molecule has 2 N–H and O–H groups in total. The number of amides is 1. The minimum absolute atomic E-state index is 0.0352. The molecule has 1 spiro atoms. The highest BCUT2D eigenvalue weighted by atomic mass is 16.5. The fourth-order valence-electron chi connectivity index (χ4n) is 1.85. The monoisotopic (exact) mass is 197 g/mol. The number of aliphatic imine (C=N–C) groups is 1. The molecule has 0 aromatic carbocycles. The first-order valence-corrected chi connectivity index (χ1v) is 4.99. The number of guanidine groups is 1. The summed E-state index contributed by atoms with van der Waals surface area (Å²) in [5, 5.41) is 5.93. The van der Waals surface area contributed by atoms with Crippen LogP contribution in [0.15, 0.2) is 4.99 Å². The van der Waals surface area contributed by atoms with Gasteiger partial charge in [0.25, 0.3) is 5.91 Å². The molecule has 0 saturated carbocycles. The first kappa shape index (κ1) is 9.45. The number of hydrogen-bond donors (Lipinski definition) is 2. The van der Waals surface area contributed by atoms with Crippen molar-refractivity contribution in [2.24, 2.45) is 4.99 Å². The highest BCUT2D eigenvalue weighted by Gasteiger charge is 2.45. The Morgan fingerprint density at radius 3 is 2.86 bits per heavy atom. The molecule has 0 radical (unpaired) electrons. The van der Waals surface area contributed by atoms with Crippen LogP contribution >= 0.6 is 0 Å². The molecule has 0 unspecified atom stereocenters. The number of carbonyl (C=O) groups is 1. The lowest BCUT2D eigenvalue weighted by Gasteiger charge is -2.30. The van der Waals surface area contributed by atoms with E-state index in [1.54, 1.807) is 0 Å². The van der Waals surface area contributed by atoms with Crippen LogP contribution in [0.1, 0.15) is 19.8 Å². The Balaban J connectivity index is 2.13. The first-order valence-electron chi connectivity index (χ1n) is 4.99. The Labute approximate surface area is 82.9 Å². The lowest BCUT2D eigenvalue weighted by Crippen LogP contribution is -2.50. The summed E-state index contributed by atoms with van der Waals surface area (Å²) in [4.78, 5) is 15.9. The zero-order chi connectivity index (χ0) is 10.0. The van der Waals surface area contributed by atoms with Crippen molar-refractivity contribution >= 4 is 11.9 Å². The standard InChI is InChI=1S/C9H15N3O2/c1-2-10-8-11-7(13)9(12-8)3-5-14-6-4-9/h2-6H2,1H3,(H2,10,11,12,13). The number of ether oxygens (including phenoxy) is 1. The predicted molar refractivity (Wildman–Crippen MR) is 52.0 cm³/mol. The van der Waals surface area contributed by atoms with E-state index >= 15 is 0 Å². The molecule has 0 aromatic heterocycles. The van der Waals surface area contributed by atoms with Crippen molar-refractivity contribution in [3.63, 3.8) is 0 Å². The van der Waals surface area contributed by atoms with Crippen LogP contribution in [0, 0.1) is 0 Å². The second-order valence-electron chi connectivity index (χ2n) is 3.60. The van der Waals surface area contributed by atoms with Crippen LogP contribution in [-0.2, 0) is 9.53 Å². The molecule has 2 aliphatic heterocycles. The van der Waals surface area contributed by atoms with E-state index in [2.05, 4.69) is 15.6 Å². The molecule has 0 bridgehead atoms. The quantitative estimate of drug-likeness (QED) is 0.603. The fourth-order valence-corrected chi connectivity index (χ4v) is 1.85. The highest BCUT2D eigenvalue weighted by Crippen LogP contribution is 2.23. The molecule has 14 heavy (non-hydrogen) atoms.